The topological polar surface area (TPSA) is 55.2 Å². The lowest BCUT2D eigenvalue weighted by molar-refractivity contribution is 0.197. The molecule has 0 spiro atoms. The van der Waals surface area contributed by atoms with Crippen LogP contribution >= 0.6 is 0 Å². The van der Waals surface area contributed by atoms with Gasteiger partial charge in [-0.05, 0) is 26.3 Å². The number of para-hydroxylation sites is 1. The van der Waals surface area contributed by atoms with Crippen LogP contribution in [0.2, 0.25) is 0 Å². The van der Waals surface area contributed by atoms with Crippen LogP contribution < -0.4 is 4.74 Å². The molecule has 1 aliphatic heterocycles. The maximum atomic E-state index is 9.66. The molecule has 1 aromatic carbocycles. The Morgan fingerprint density at radius 1 is 1.35 bits per heavy atom. The summed E-state index contributed by atoms with van der Waals surface area (Å²) in [7, 11) is 0. The van der Waals surface area contributed by atoms with Crippen LogP contribution in [0.5, 0.6) is 5.75 Å². The molecule has 3 rings (SSSR count). The van der Waals surface area contributed by atoms with E-state index in [0.717, 1.165) is 34.8 Å². The summed E-state index contributed by atoms with van der Waals surface area (Å²) < 4.78 is 5.67. The Morgan fingerprint density at radius 2 is 2.15 bits per heavy atom. The maximum absolute atomic E-state index is 9.66. The molecule has 0 saturated heterocycles. The van der Waals surface area contributed by atoms with E-state index in [2.05, 4.69) is 16.0 Å². The zero-order valence-electron chi connectivity index (χ0n) is 11.7. The first-order valence-electron chi connectivity index (χ1n) is 6.90. The van der Waals surface area contributed by atoms with Gasteiger partial charge in [0.25, 0.3) is 0 Å². The molecule has 2 atom stereocenters. The highest BCUT2D eigenvalue weighted by Crippen LogP contribution is 2.36. The Hall–Kier alpha value is -1.94. The average Bonchev–Trinajstić information content (AvgIpc) is 2.46. The second-order valence-electron chi connectivity index (χ2n) is 5.17. The monoisotopic (exact) mass is 270 g/mol. The van der Waals surface area contributed by atoms with E-state index in [1.54, 1.807) is 13.1 Å². The normalized spacial score (nSPS) is 19.1. The first-order chi connectivity index (χ1) is 9.66. The first-order valence-corrected chi connectivity index (χ1v) is 6.90. The van der Waals surface area contributed by atoms with E-state index in [-0.39, 0.29) is 5.92 Å². The molecule has 0 aliphatic carbocycles. The van der Waals surface area contributed by atoms with Crippen molar-refractivity contribution in [1.82, 2.24) is 9.97 Å². The number of benzene rings is 1. The van der Waals surface area contributed by atoms with E-state index >= 15 is 0 Å². The number of hydrogen-bond acceptors (Lipinski definition) is 4. The number of aromatic nitrogens is 2. The van der Waals surface area contributed by atoms with Crippen molar-refractivity contribution in [2.75, 3.05) is 6.61 Å². The van der Waals surface area contributed by atoms with Crippen LogP contribution in [0, 0.1) is 6.92 Å². The Bertz CT molecular complexity index is 626. The van der Waals surface area contributed by atoms with Crippen LogP contribution in [0.3, 0.4) is 0 Å². The zero-order chi connectivity index (χ0) is 14.1. The van der Waals surface area contributed by atoms with Crippen molar-refractivity contribution in [2.45, 2.75) is 32.3 Å². The van der Waals surface area contributed by atoms with Gasteiger partial charge in [-0.1, -0.05) is 18.2 Å². The molecule has 20 heavy (non-hydrogen) atoms. The summed E-state index contributed by atoms with van der Waals surface area (Å²) in [4.78, 5) is 9.05. The number of aryl methyl sites for hydroxylation is 1. The van der Waals surface area contributed by atoms with Crippen molar-refractivity contribution in [2.24, 2.45) is 0 Å². The van der Waals surface area contributed by atoms with Gasteiger partial charge in [0.1, 0.15) is 11.6 Å². The molecule has 2 heterocycles. The van der Waals surface area contributed by atoms with Crippen molar-refractivity contribution in [1.29, 1.82) is 0 Å². The lowest BCUT2D eigenvalue weighted by Crippen LogP contribution is -2.18. The smallest absolute Gasteiger partial charge is 0.136 e. The molecule has 0 saturated carbocycles. The highest BCUT2D eigenvalue weighted by molar-refractivity contribution is 5.41. The fourth-order valence-corrected chi connectivity index (χ4v) is 2.68. The van der Waals surface area contributed by atoms with Crippen molar-refractivity contribution in [3.63, 3.8) is 0 Å². The minimum Gasteiger partial charge on any atom is -0.493 e. The number of fused-ring (bicyclic) bond motifs is 1. The molecule has 4 heteroatoms. The third-order valence-corrected chi connectivity index (χ3v) is 3.76. The SMILES string of the molecule is Cc1nc(C2CCOc3ccccc32)ncc1C(C)O. The Labute approximate surface area is 118 Å². The molecule has 2 unspecified atom stereocenters. The van der Waals surface area contributed by atoms with Crippen LogP contribution in [-0.4, -0.2) is 21.7 Å². The van der Waals surface area contributed by atoms with E-state index in [4.69, 9.17) is 4.74 Å². The fourth-order valence-electron chi connectivity index (χ4n) is 2.68. The summed E-state index contributed by atoms with van der Waals surface area (Å²) in [5, 5.41) is 9.66. The number of rotatable bonds is 2. The average molecular weight is 270 g/mol. The van der Waals surface area contributed by atoms with E-state index < -0.39 is 6.10 Å². The van der Waals surface area contributed by atoms with Gasteiger partial charge in [-0.2, -0.15) is 0 Å². The number of ether oxygens (including phenoxy) is 1. The van der Waals surface area contributed by atoms with Crippen molar-refractivity contribution < 1.29 is 9.84 Å². The minimum absolute atomic E-state index is 0.168. The molecule has 2 aromatic rings. The standard InChI is InChI=1S/C16H18N2O2/c1-10-14(11(2)19)9-17-16(18-10)13-7-8-20-15-6-4-3-5-12(13)15/h3-6,9,11,13,19H,7-8H2,1-2H3. The molecule has 0 bridgehead atoms. The first kappa shape index (κ1) is 13.1. The highest BCUT2D eigenvalue weighted by atomic mass is 16.5. The van der Waals surface area contributed by atoms with Gasteiger partial charge in [-0.3, -0.25) is 0 Å². The van der Waals surface area contributed by atoms with Gasteiger partial charge < -0.3 is 9.84 Å². The van der Waals surface area contributed by atoms with E-state index in [1.807, 2.05) is 25.1 Å². The van der Waals surface area contributed by atoms with Gasteiger partial charge in [0.05, 0.1) is 18.6 Å². The molecule has 1 aliphatic rings. The lowest BCUT2D eigenvalue weighted by atomic mass is 9.92. The molecular weight excluding hydrogens is 252 g/mol. The Balaban J connectivity index is 2.00. The van der Waals surface area contributed by atoms with Crippen LogP contribution in [0.1, 0.15) is 48.0 Å². The second-order valence-corrected chi connectivity index (χ2v) is 5.17. The van der Waals surface area contributed by atoms with Gasteiger partial charge in [0.15, 0.2) is 0 Å². The lowest BCUT2D eigenvalue weighted by Gasteiger charge is -2.25. The quantitative estimate of drug-likeness (QED) is 0.911. The highest BCUT2D eigenvalue weighted by Gasteiger charge is 2.25. The predicted molar refractivity (Wildman–Crippen MR) is 75.8 cm³/mol. The molecular formula is C16H18N2O2. The van der Waals surface area contributed by atoms with Crippen LogP contribution in [0.4, 0.5) is 0 Å². The molecule has 0 amide bonds. The summed E-state index contributed by atoms with van der Waals surface area (Å²) in [6, 6.07) is 8.04. The van der Waals surface area contributed by atoms with Gasteiger partial charge in [0, 0.05) is 23.0 Å². The zero-order valence-corrected chi connectivity index (χ0v) is 11.7. The third kappa shape index (κ3) is 2.27. The third-order valence-electron chi connectivity index (χ3n) is 3.76. The Morgan fingerprint density at radius 3 is 2.90 bits per heavy atom. The summed E-state index contributed by atoms with van der Waals surface area (Å²) in [6.45, 7) is 4.33. The summed E-state index contributed by atoms with van der Waals surface area (Å²) >= 11 is 0. The van der Waals surface area contributed by atoms with E-state index in [0.29, 0.717) is 6.61 Å². The van der Waals surface area contributed by atoms with Gasteiger partial charge in [-0.15, -0.1) is 0 Å². The molecule has 0 radical (unpaired) electrons. The summed E-state index contributed by atoms with van der Waals surface area (Å²) in [5.41, 5.74) is 2.77. The largest absolute Gasteiger partial charge is 0.493 e. The molecule has 4 nitrogen and oxygen atoms in total. The predicted octanol–water partition coefficient (Wildman–Crippen LogP) is 2.75. The van der Waals surface area contributed by atoms with Crippen LogP contribution in [-0.2, 0) is 0 Å². The Kier molecular flexibility index (Phi) is 3.40. The van der Waals surface area contributed by atoms with Crippen molar-refractivity contribution in [3.05, 3.63) is 53.1 Å². The number of hydrogen-bond donors (Lipinski definition) is 1. The molecule has 1 aromatic heterocycles. The minimum atomic E-state index is -0.536. The maximum Gasteiger partial charge on any atom is 0.136 e. The molecule has 1 N–H and O–H groups in total. The summed E-state index contributed by atoms with van der Waals surface area (Å²) in [6.07, 6.45) is 2.08. The number of nitrogens with zero attached hydrogens (tertiary/aromatic N) is 2. The van der Waals surface area contributed by atoms with Gasteiger partial charge in [0.2, 0.25) is 0 Å². The summed E-state index contributed by atoms with van der Waals surface area (Å²) in [5.74, 6) is 1.90. The van der Waals surface area contributed by atoms with Crippen LogP contribution in [0.15, 0.2) is 30.5 Å². The van der Waals surface area contributed by atoms with Crippen molar-refractivity contribution in [3.8, 4) is 5.75 Å². The van der Waals surface area contributed by atoms with Gasteiger partial charge >= 0.3 is 0 Å². The fraction of sp³-hybridized carbons (Fsp3) is 0.375. The van der Waals surface area contributed by atoms with E-state index in [9.17, 15) is 5.11 Å². The molecule has 0 fully saturated rings. The number of aliphatic hydroxyl groups excluding tert-OH is 1. The van der Waals surface area contributed by atoms with Gasteiger partial charge in [-0.25, -0.2) is 9.97 Å². The van der Waals surface area contributed by atoms with Crippen LogP contribution in [0.25, 0.3) is 0 Å². The molecule has 104 valence electrons. The van der Waals surface area contributed by atoms with Crippen molar-refractivity contribution >= 4 is 0 Å². The van der Waals surface area contributed by atoms with E-state index in [1.165, 1.54) is 0 Å². The number of aliphatic hydroxyl groups is 1. The second kappa shape index (κ2) is 5.21.